The van der Waals surface area contributed by atoms with E-state index >= 15 is 0 Å². The fraction of sp³-hybridized carbons (Fsp3) is 0.429. The predicted molar refractivity (Wildman–Crippen MR) is 72.9 cm³/mol. The van der Waals surface area contributed by atoms with Gasteiger partial charge in [-0.25, -0.2) is 0 Å². The number of anilines is 1. The minimum absolute atomic E-state index is 0.119. The summed E-state index contributed by atoms with van der Waals surface area (Å²) in [7, 11) is 0. The highest BCUT2D eigenvalue weighted by molar-refractivity contribution is 6.32. The van der Waals surface area contributed by atoms with Crippen molar-refractivity contribution in [3.8, 4) is 6.07 Å². The number of halogens is 1. The van der Waals surface area contributed by atoms with Crippen LogP contribution < -0.4 is 4.90 Å². The van der Waals surface area contributed by atoms with Crippen molar-refractivity contribution in [2.75, 3.05) is 4.90 Å². The molecule has 1 N–H and O–H groups in total. The first-order valence-electron chi connectivity index (χ1n) is 6.15. The van der Waals surface area contributed by atoms with Crippen LogP contribution >= 0.6 is 11.6 Å². The standard InChI is InChI=1S/C14H15ClN2O2/c1-8(2)14-12(18)6-13(19)17(14)10-4-3-9(7-16)11(15)5-10/h3-5,8,12,14,18H,6H2,1-2H3/t12-,14-/m0/s1. The number of benzene rings is 1. The third kappa shape index (κ3) is 2.44. The fourth-order valence-corrected chi connectivity index (χ4v) is 2.76. The second-order valence-electron chi connectivity index (χ2n) is 5.05. The molecule has 1 saturated heterocycles. The predicted octanol–water partition coefficient (Wildman–Crippen LogP) is 2.33. The topological polar surface area (TPSA) is 64.3 Å². The van der Waals surface area contributed by atoms with Crippen molar-refractivity contribution in [1.82, 2.24) is 0 Å². The number of hydrogen-bond donors (Lipinski definition) is 1. The van der Waals surface area contributed by atoms with E-state index < -0.39 is 6.10 Å². The zero-order chi connectivity index (χ0) is 14.2. The number of hydrogen-bond acceptors (Lipinski definition) is 3. The van der Waals surface area contributed by atoms with Crippen LogP contribution in [-0.2, 0) is 4.79 Å². The van der Waals surface area contributed by atoms with Crippen LogP contribution in [0.2, 0.25) is 5.02 Å². The molecule has 100 valence electrons. The van der Waals surface area contributed by atoms with E-state index in [2.05, 4.69) is 0 Å². The first-order valence-corrected chi connectivity index (χ1v) is 6.53. The average molecular weight is 279 g/mol. The van der Waals surface area contributed by atoms with Crippen molar-refractivity contribution in [1.29, 1.82) is 5.26 Å². The highest BCUT2D eigenvalue weighted by Gasteiger charge is 2.41. The fourth-order valence-electron chi connectivity index (χ4n) is 2.54. The Morgan fingerprint density at radius 1 is 1.53 bits per heavy atom. The number of carbonyl (C=O) groups excluding carboxylic acids is 1. The Morgan fingerprint density at radius 3 is 2.74 bits per heavy atom. The van der Waals surface area contributed by atoms with Gasteiger partial charge >= 0.3 is 0 Å². The van der Waals surface area contributed by atoms with E-state index in [1.165, 1.54) is 0 Å². The summed E-state index contributed by atoms with van der Waals surface area (Å²) in [5.41, 5.74) is 1.00. The summed E-state index contributed by atoms with van der Waals surface area (Å²) in [5.74, 6) is 0.0165. The van der Waals surface area contributed by atoms with Gasteiger partial charge in [0.2, 0.25) is 5.91 Å². The Hall–Kier alpha value is -1.57. The van der Waals surface area contributed by atoms with E-state index in [0.29, 0.717) is 16.3 Å². The van der Waals surface area contributed by atoms with Gasteiger partial charge in [0.05, 0.1) is 29.2 Å². The van der Waals surface area contributed by atoms with Gasteiger partial charge in [-0.1, -0.05) is 25.4 Å². The quantitative estimate of drug-likeness (QED) is 0.903. The normalized spacial score (nSPS) is 22.9. The minimum atomic E-state index is -0.665. The minimum Gasteiger partial charge on any atom is -0.390 e. The molecule has 0 aliphatic carbocycles. The Balaban J connectivity index is 2.42. The molecule has 2 rings (SSSR count). The van der Waals surface area contributed by atoms with E-state index in [4.69, 9.17) is 16.9 Å². The van der Waals surface area contributed by atoms with Gasteiger partial charge in [-0.3, -0.25) is 4.79 Å². The Labute approximate surface area is 117 Å². The molecule has 0 radical (unpaired) electrons. The molecule has 0 spiro atoms. The molecule has 1 aromatic carbocycles. The molecule has 1 amide bonds. The van der Waals surface area contributed by atoms with Crippen molar-refractivity contribution in [2.24, 2.45) is 5.92 Å². The van der Waals surface area contributed by atoms with Crippen molar-refractivity contribution in [3.63, 3.8) is 0 Å². The first kappa shape index (κ1) is 13.9. The highest BCUT2D eigenvalue weighted by atomic mass is 35.5. The second-order valence-corrected chi connectivity index (χ2v) is 5.45. The number of rotatable bonds is 2. The van der Waals surface area contributed by atoms with E-state index in [-0.39, 0.29) is 24.3 Å². The Bertz CT molecular complexity index is 551. The maximum absolute atomic E-state index is 12.0. The van der Waals surface area contributed by atoms with Crippen molar-refractivity contribution < 1.29 is 9.90 Å². The third-order valence-corrected chi connectivity index (χ3v) is 3.69. The molecule has 0 aromatic heterocycles. The SMILES string of the molecule is CC(C)[C@H]1[C@@H](O)CC(=O)N1c1ccc(C#N)c(Cl)c1. The van der Waals surface area contributed by atoms with E-state index in [1.54, 1.807) is 23.1 Å². The van der Waals surface area contributed by atoms with Gasteiger partial charge in [0.1, 0.15) is 6.07 Å². The largest absolute Gasteiger partial charge is 0.390 e. The molecular formula is C14H15ClN2O2. The summed E-state index contributed by atoms with van der Waals surface area (Å²) in [4.78, 5) is 13.6. The summed E-state index contributed by atoms with van der Waals surface area (Å²) in [6.07, 6.45) is -0.539. The maximum Gasteiger partial charge on any atom is 0.230 e. The molecule has 1 aliphatic heterocycles. The molecule has 1 heterocycles. The maximum atomic E-state index is 12.0. The number of carbonyl (C=O) groups is 1. The monoisotopic (exact) mass is 278 g/mol. The van der Waals surface area contributed by atoms with Gasteiger partial charge in [0.25, 0.3) is 0 Å². The van der Waals surface area contributed by atoms with E-state index in [1.807, 2.05) is 19.9 Å². The molecule has 1 aliphatic rings. The molecule has 0 saturated carbocycles. The van der Waals surface area contributed by atoms with Gasteiger partial charge in [0.15, 0.2) is 0 Å². The van der Waals surface area contributed by atoms with Crippen molar-refractivity contribution in [2.45, 2.75) is 32.4 Å². The molecule has 1 aromatic rings. The van der Waals surface area contributed by atoms with Crippen molar-refractivity contribution >= 4 is 23.2 Å². The van der Waals surface area contributed by atoms with Gasteiger partial charge in [-0.15, -0.1) is 0 Å². The first-order chi connectivity index (χ1) is 8.95. The van der Waals surface area contributed by atoms with Crippen LogP contribution in [0.4, 0.5) is 5.69 Å². The molecule has 0 unspecified atom stereocenters. The number of amides is 1. The van der Waals surface area contributed by atoms with Crippen LogP contribution in [-0.4, -0.2) is 23.2 Å². The highest BCUT2D eigenvalue weighted by Crippen LogP contribution is 2.33. The van der Waals surface area contributed by atoms with Crippen molar-refractivity contribution in [3.05, 3.63) is 28.8 Å². The Morgan fingerprint density at radius 2 is 2.21 bits per heavy atom. The summed E-state index contributed by atoms with van der Waals surface area (Å²) in [6, 6.07) is 6.61. The van der Waals surface area contributed by atoms with Crippen LogP contribution in [0.3, 0.4) is 0 Å². The van der Waals surface area contributed by atoms with Crippen LogP contribution in [0.1, 0.15) is 25.8 Å². The number of nitriles is 1. The molecular weight excluding hydrogens is 264 g/mol. The molecule has 1 fully saturated rings. The van der Waals surface area contributed by atoms with Gasteiger partial charge in [-0.05, 0) is 24.1 Å². The van der Waals surface area contributed by atoms with Gasteiger partial charge < -0.3 is 10.0 Å². The number of aliphatic hydroxyl groups excluding tert-OH is 1. The lowest BCUT2D eigenvalue weighted by molar-refractivity contribution is -0.117. The molecule has 0 bridgehead atoms. The lowest BCUT2D eigenvalue weighted by atomic mass is 9.99. The summed E-state index contributed by atoms with van der Waals surface area (Å²) in [5, 5.41) is 19.2. The zero-order valence-electron chi connectivity index (χ0n) is 10.8. The van der Waals surface area contributed by atoms with Crippen LogP contribution in [0.15, 0.2) is 18.2 Å². The molecule has 19 heavy (non-hydrogen) atoms. The summed E-state index contributed by atoms with van der Waals surface area (Å²) >= 11 is 6.00. The van der Waals surface area contributed by atoms with Crippen LogP contribution in [0, 0.1) is 17.2 Å². The second kappa shape index (κ2) is 5.20. The molecule has 2 atom stereocenters. The molecule has 4 nitrogen and oxygen atoms in total. The van der Waals surface area contributed by atoms with Crippen LogP contribution in [0.5, 0.6) is 0 Å². The zero-order valence-corrected chi connectivity index (χ0v) is 11.6. The Kier molecular flexibility index (Phi) is 3.79. The number of aliphatic hydroxyl groups is 1. The smallest absolute Gasteiger partial charge is 0.230 e. The third-order valence-electron chi connectivity index (χ3n) is 3.38. The van der Waals surface area contributed by atoms with Gasteiger partial charge in [0, 0.05) is 5.69 Å². The summed E-state index contributed by atoms with van der Waals surface area (Å²) in [6.45, 7) is 3.93. The molecule has 5 heteroatoms. The average Bonchev–Trinajstić information content (AvgIpc) is 2.64. The van der Waals surface area contributed by atoms with Crippen LogP contribution in [0.25, 0.3) is 0 Å². The lowest BCUT2D eigenvalue weighted by Gasteiger charge is -2.29. The van der Waals surface area contributed by atoms with E-state index in [0.717, 1.165) is 0 Å². The van der Waals surface area contributed by atoms with Gasteiger partial charge in [-0.2, -0.15) is 5.26 Å². The lowest BCUT2D eigenvalue weighted by Crippen LogP contribution is -2.41. The van der Waals surface area contributed by atoms with E-state index in [9.17, 15) is 9.90 Å². The number of nitrogens with zero attached hydrogens (tertiary/aromatic N) is 2. The summed E-state index contributed by atoms with van der Waals surface area (Å²) < 4.78 is 0.